The molecular weight excluding hydrogens is 240 g/mol. The summed E-state index contributed by atoms with van der Waals surface area (Å²) < 4.78 is 0. The van der Waals surface area contributed by atoms with Crippen molar-refractivity contribution in [3.05, 3.63) is 24.3 Å². The largest absolute Gasteiger partial charge is 0.102 e. The Morgan fingerprint density at radius 3 is 2.55 bits per heavy atom. The van der Waals surface area contributed by atoms with E-state index < -0.39 is 0 Å². The van der Waals surface area contributed by atoms with Gasteiger partial charge in [0.1, 0.15) is 0 Å². The molecule has 4 atom stereocenters. The van der Waals surface area contributed by atoms with Gasteiger partial charge in [-0.25, -0.2) is 0 Å². The molecule has 0 heterocycles. The standard InChI is InChI=1S/C20H32/c1-6-19(4)13-10-16-15(14-19)8-9-17-18(2,3)11-7-12-20(16,17)5/h6,14,16-17H,1,7-13H2,2-5H3/t16-,17-,19-,20?/m1/s1. The maximum atomic E-state index is 4.07. The fourth-order valence-corrected chi connectivity index (χ4v) is 6.01. The molecule has 3 rings (SSSR count). The number of rotatable bonds is 1. The Bertz CT molecular complexity index is 441. The van der Waals surface area contributed by atoms with Crippen molar-refractivity contribution in [2.24, 2.45) is 28.1 Å². The van der Waals surface area contributed by atoms with E-state index in [-0.39, 0.29) is 5.41 Å². The Kier molecular flexibility index (Phi) is 3.23. The molecule has 0 amide bonds. The third-order valence-corrected chi connectivity index (χ3v) is 7.19. The fraction of sp³-hybridized carbons (Fsp3) is 0.800. The summed E-state index contributed by atoms with van der Waals surface area (Å²) in [4.78, 5) is 0. The summed E-state index contributed by atoms with van der Waals surface area (Å²) in [6.07, 6.45) is 14.5. The van der Waals surface area contributed by atoms with Crippen molar-refractivity contribution >= 4 is 0 Å². The molecule has 3 aliphatic rings. The highest BCUT2D eigenvalue weighted by atomic mass is 14.6. The first-order valence-electron chi connectivity index (χ1n) is 8.66. The third-order valence-electron chi connectivity index (χ3n) is 7.19. The molecule has 3 aliphatic carbocycles. The molecule has 0 bridgehead atoms. The average molecular weight is 272 g/mol. The normalized spacial score (nSPS) is 46.9. The van der Waals surface area contributed by atoms with E-state index in [9.17, 15) is 0 Å². The summed E-state index contributed by atoms with van der Waals surface area (Å²) in [7, 11) is 0. The van der Waals surface area contributed by atoms with Gasteiger partial charge in [0.05, 0.1) is 0 Å². The topological polar surface area (TPSA) is 0 Å². The van der Waals surface area contributed by atoms with Crippen LogP contribution in [0.2, 0.25) is 0 Å². The van der Waals surface area contributed by atoms with E-state index in [1.807, 2.05) is 0 Å². The molecule has 1 unspecified atom stereocenters. The molecular formula is C20H32. The van der Waals surface area contributed by atoms with Crippen LogP contribution in [0.3, 0.4) is 0 Å². The van der Waals surface area contributed by atoms with Crippen molar-refractivity contribution in [2.75, 3.05) is 0 Å². The van der Waals surface area contributed by atoms with Crippen molar-refractivity contribution in [1.82, 2.24) is 0 Å². The number of hydrogen-bond donors (Lipinski definition) is 0. The Labute approximate surface area is 125 Å². The Morgan fingerprint density at radius 2 is 1.85 bits per heavy atom. The maximum absolute atomic E-state index is 4.07. The summed E-state index contributed by atoms with van der Waals surface area (Å²) in [5.74, 6) is 1.79. The van der Waals surface area contributed by atoms with Crippen molar-refractivity contribution in [2.45, 2.75) is 72.6 Å². The molecule has 0 radical (unpaired) electrons. The van der Waals surface area contributed by atoms with E-state index in [2.05, 4.69) is 46.4 Å². The molecule has 0 N–H and O–H groups in total. The van der Waals surface area contributed by atoms with Crippen LogP contribution in [0, 0.1) is 28.1 Å². The molecule has 2 fully saturated rings. The Hall–Kier alpha value is -0.520. The first-order chi connectivity index (χ1) is 9.31. The third kappa shape index (κ3) is 2.02. The summed E-state index contributed by atoms with van der Waals surface area (Å²) in [6, 6.07) is 0. The van der Waals surface area contributed by atoms with Gasteiger partial charge >= 0.3 is 0 Å². The SMILES string of the molecule is C=C[C@@]1(C)C=C2CC[C@@H]3C(C)(C)CCCC3(C)[C@@H]2CC1. The van der Waals surface area contributed by atoms with Crippen LogP contribution in [0.1, 0.15) is 72.6 Å². The number of fused-ring (bicyclic) bond motifs is 3. The van der Waals surface area contributed by atoms with Crippen LogP contribution in [0.5, 0.6) is 0 Å². The summed E-state index contributed by atoms with van der Waals surface area (Å²) >= 11 is 0. The number of allylic oxidation sites excluding steroid dienone is 3. The molecule has 0 nitrogen and oxygen atoms in total. The van der Waals surface area contributed by atoms with Crippen molar-refractivity contribution < 1.29 is 0 Å². The average Bonchev–Trinajstić information content (AvgIpc) is 2.37. The van der Waals surface area contributed by atoms with E-state index in [0.29, 0.717) is 10.8 Å². The lowest BCUT2D eigenvalue weighted by molar-refractivity contribution is -0.0587. The summed E-state index contributed by atoms with van der Waals surface area (Å²) in [5.41, 5.74) is 3.15. The lowest BCUT2D eigenvalue weighted by atomic mass is 9.45. The van der Waals surface area contributed by atoms with Gasteiger partial charge in [0.25, 0.3) is 0 Å². The highest BCUT2D eigenvalue weighted by Gasteiger charge is 2.54. The van der Waals surface area contributed by atoms with Crippen molar-refractivity contribution in [3.8, 4) is 0 Å². The van der Waals surface area contributed by atoms with E-state index in [4.69, 9.17) is 0 Å². The minimum atomic E-state index is 0.263. The summed E-state index contributed by atoms with van der Waals surface area (Å²) in [5, 5.41) is 0. The number of hydrogen-bond acceptors (Lipinski definition) is 0. The Morgan fingerprint density at radius 1 is 1.10 bits per heavy atom. The molecule has 0 aromatic carbocycles. The molecule has 0 saturated heterocycles. The van der Waals surface area contributed by atoms with Crippen LogP contribution in [0.15, 0.2) is 24.3 Å². The quantitative estimate of drug-likeness (QED) is 0.503. The van der Waals surface area contributed by atoms with Crippen LogP contribution < -0.4 is 0 Å². The molecule has 0 aliphatic heterocycles. The molecule has 0 aromatic rings. The van der Waals surface area contributed by atoms with Gasteiger partial charge in [-0.2, -0.15) is 0 Å². The zero-order valence-corrected chi connectivity index (χ0v) is 14.0. The highest BCUT2D eigenvalue weighted by molar-refractivity contribution is 5.26. The van der Waals surface area contributed by atoms with Crippen LogP contribution in [0.4, 0.5) is 0 Å². The van der Waals surface area contributed by atoms with Gasteiger partial charge in [0.2, 0.25) is 0 Å². The van der Waals surface area contributed by atoms with E-state index in [0.717, 1.165) is 11.8 Å². The maximum Gasteiger partial charge on any atom is 0.00330 e. The highest BCUT2D eigenvalue weighted by Crippen LogP contribution is 2.63. The lowest BCUT2D eigenvalue weighted by Gasteiger charge is -2.59. The van der Waals surface area contributed by atoms with Gasteiger partial charge in [-0.05, 0) is 61.2 Å². The van der Waals surface area contributed by atoms with Gasteiger partial charge in [-0.1, -0.05) is 51.8 Å². The monoisotopic (exact) mass is 272 g/mol. The second kappa shape index (κ2) is 4.49. The smallest absolute Gasteiger partial charge is 0.00330 e. The minimum Gasteiger partial charge on any atom is -0.102 e. The van der Waals surface area contributed by atoms with Gasteiger partial charge < -0.3 is 0 Å². The molecule has 0 aromatic heterocycles. The second-order valence-electron chi connectivity index (χ2n) is 8.96. The van der Waals surface area contributed by atoms with Crippen molar-refractivity contribution in [3.63, 3.8) is 0 Å². The zero-order chi connectivity index (χ0) is 14.6. The second-order valence-corrected chi connectivity index (χ2v) is 8.96. The van der Waals surface area contributed by atoms with E-state index >= 15 is 0 Å². The molecule has 112 valence electrons. The molecule has 0 heteroatoms. The van der Waals surface area contributed by atoms with Gasteiger partial charge in [-0.3, -0.25) is 0 Å². The van der Waals surface area contributed by atoms with Gasteiger partial charge in [0.15, 0.2) is 0 Å². The molecule has 2 saturated carbocycles. The zero-order valence-electron chi connectivity index (χ0n) is 14.0. The predicted molar refractivity (Wildman–Crippen MR) is 87.6 cm³/mol. The minimum absolute atomic E-state index is 0.263. The van der Waals surface area contributed by atoms with Crippen LogP contribution in [0.25, 0.3) is 0 Å². The molecule has 0 spiro atoms. The lowest BCUT2D eigenvalue weighted by Crippen LogP contribution is -2.50. The fourth-order valence-electron chi connectivity index (χ4n) is 6.01. The summed E-state index contributed by atoms with van der Waals surface area (Å²) in [6.45, 7) is 14.1. The van der Waals surface area contributed by atoms with E-state index in [1.165, 1.54) is 44.9 Å². The van der Waals surface area contributed by atoms with Gasteiger partial charge in [-0.15, -0.1) is 6.58 Å². The Balaban J connectivity index is 1.97. The van der Waals surface area contributed by atoms with Crippen LogP contribution >= 0.6 is 0 Å². The van der Waals surface area contributed by atoms with Crippen LogP contribution in [-0.4, -0.2) is 0 Å². The van der Waals surface area contributed by atoms with Crippen molar-refractivity contribution in [1.29, 1.82) is 0 Å². The molecule has 20 heavy (non-hydrogen) atoms. The van der Waals surface area contributed by atoms with E-state index in [1.54, 1.807) is 5.57 Å². The first-order valence-corrected chi connectivity index (χ1v) is 8.66. The first kappa shape index (κ1) is 14.4. The predicted octanol–water partition coefficient (Wildman–Crippen LogP) is 6.14. The van der Waals surface area contributed by atoms with Gasteiger partial charge in [0, 0.05) is 5.41 Å². The van der Waals surface area contributed by atoms with Crippen LogP contribution in [-0.2, 0) is 0 Å².